The minimum atomic E-state index is 1.03. The summed E-state index contributed by atoms with van der Waals surface area (Å²) in [5.41, 5.74) is 7.21. The van der Waals surface area contributed by atoms with Crippen LogP contribution < -0.4 is 0 Å². The molecule has 0 fully saturated rings. The van der Waals surface area contributed by atoms with Crippen molar-refractivity contribution in [3.05, 3.63) is 70.9 Å². The lowest BCUT2D eigenvalue weighted by Crippen LogP contribution is -1.90. The van der Waals surface area contributed by atoms with Crippen molar-refractivity contribution in [3.8, 4) is 0 Å². The molecular weight excluding hydrogens is 230 g/mol. The maximum Gasteiger partial charge on any atom is 0.0461 e. The number of aromatic amines is 1. The lowest BCUT2D eigenvalue weighted by atomic mass is 9.98. The molecule has 0 saturated carbocycles. The van der Waals surface area contributed by atoms with Gasteiger partial charge in [-0.15, -0.1) is 0 Å². The molecule has 0 amide bonds. The Bertz CT molecular complexity index is 722. The third-order valence-electron chi connectivity index (χ3n) is 4.19. The number of hydrogen-bond acceptors (Lipinski definition) is 0. The molecule has 0 radical (unpaired) electrons. The Morgan fingerprint density at radius 1 is 0.895 bits per heavy atom. The summed E-state index contributed by atoms with van der Waals surface area (Å²) in [4.78, 5) is 3.60. The van der Waals surface area contributed by atoms with Crippen LogP contribution in [0.3, 0.4) is 0 Å². The molecule has 1 aromatic heterocycles. The van der Waals surface area contributed by atoms with Crippen LogP contribution in [0.25, 0.3) is 10.9 Å². The standard InChI is InChI=1S/C18H17N/c1-2-6-13(7-3-1)12-14-8-4-11-17-18(14)15-9-5-10-16(15)19-17/h1-4,6-8,11,19H,5,9-10,12H2. The maximum atomic E-state index is 3.60. The molecule has 1 nitrogen and oxygen atoms in total. The second-order valence-corrected chi connectivity index (χ2v) is 5.44. The molecule has 0 aliphatic heterocycles. The lowest BCUT2D eigenvalue weighted by molar-refractivity contribution is 0.898. The minimum Gasteiger partial charge on any atom is -0.358 e. The van der Waals surface area contributed by atoms with Crippen molar-refractivity contribution in [2.45, 2.75) is 25.7 Å². The maximum absolute atomic E-state index is 3.60. The molecule has 1 heterocycles. The van der Waals surface area contributed by atoms with Gasteiger partial charge in [-0.25, -0.2) is 0 Å². The number of rotatable bonds is 2. The molecule has 0 spiro atoms. The fraction of sp³-hybridized carbons (Fsp3) is 0.222. The van der Waals surface area contributed by atoms with Crippen molar-refractivity contribution >= 4 is 10.9 Å². The molecule has 0 bridgehead atoms. The van der Waals surface area contributed by atoms with E-state index in [0.717, 1.165) is 6.42 Å². The highest BCUT2D eigenvalue weighted by Crippen LogP contribution is 2.33. The second-order valence-electron chi connectivity index (χ2n) is 5.44. The fourth-order valence-electron chi connectivity index (χ4n) is 3.34. The summed E-state index contributed by atoms with van der Waals surface area (Å²) < 4.78 is 0. The Balaban J connectivity index is 1.86. The topological polar surface area (TPSA) is 15.8 Å². The van der Waals surface area contributed by atoms with Crippen LogP contribution in [0.4, 0.5) is 0 Å². The van der Waals surface area contributed by atoms with E-state index < -0.39 is 0 Å². The molecule has 1 heteroatoms. The lowest BCUT2D eigenvalue weighted by Gasteiger charge is -2.05. The van der Waals surface area contributed by atoms with E-state index in [-0.39, 0.29) is 0 Å². The summed E-state index contributed by atoms with van der Waals surface area (Å²) in [6.45, 7) is 0. The molecule has 1 aliphatic rings. The predicted octanol–water partition coefficient (Wildman–Crippen LogP) is 4.25. The van der Waals surface area contributed by atoms with E-state index in [9.17, 15) is 0 Å². The van der Waals surface area contributed by atoms with Crippen LogP contribution in [-0.2, 0) is 19.3 Å². The predicted molar refractivity (Wildman–Crippen MR) is 79.6 cm³/mol. The second kappa shape index (κ2) is 4.27. The van der Waals surface area contributed by atoms with Crippen LogP contribution in [0.1, 0.15) is 28.8 Å². The van der Waals surface area contributed by atoms with Crippen LogP contribution in [0.15, 0.2) is 48.5 Å². The fourth-order valence-corrected chi connectivity index (χ4v) is 3.34. The molecular formula is C18H17N. The van der Waals surface area contributed by atoms with Gasteiger partial charge in [-0.3, -0.25) is 0 Å². The first-order valence-electron chi connectivity index (χ1n) is 7.07. The average molecular weight is 247 g/mol. The number of aryl methyl sites for hydroxylation is 2. The van der Waals surface area contributed by atoms with Gasteiger partial charge in [0.1, 0.15) is 0 Å². The van der Waals surface area contributed by atoms with E-state index in [1.54, 1.807) is 5.56 Å². The van der Waals surface area contributed by atoms with Crippen molar-refractivity contribution in [3.63, 3.8) is 0 Å². The van der Waals surface area contributed by atoms with Crippen molar-refractivity contribution < 1.29 is 0 Å². The first-order chi connectivity index (χ1) is 9.42. The van der Waals surface area contributed by atoms with E-state index in [0.29, 0.717) is 0 Å². The first kappa shape index (κ1) is 10.9. The highest BCUT2D eigenvalue weighted by atomic mass is 14.7. The Hall–Kier alpha value is -2.02. The summed E-state index contributed by atoms with van der Waals surface area (Å²) >= 11 is 0. The van der Waals surface area contributed by atoms with Gasteiger partial charge in [-0.05, 0) is 48.4 Å². The van der Waals surface area contributed by atoms with Crippen molar-refractivity contribution in [1.82, 2.24) is 4.98 Å². The molecule has 0 unspecified atom stereocenters. The van der Waals surface area contributed by atoms with Gasteiger partial charge in [-0.2, -0.15) is 0 Å². The number of aromatic nitrogens is 1. The van der Waals surface area contributed by atoms with Gasteiger partial charge in [0.15, 0.2) is 0 Å². The van der Waals surface area contributed by atoms with Crippen LogP contribution >= 0.6 is 0 Å². The number of benzene rings is 2. The zero-order chi connectivity index (χ0) is 12.7. The third kappa shape index (κ3) is 1.77. The van der Waals surface area contributed by atoms with Gasteiger partial charge >= 0.3 is 0 Å². The van der Waals surface area contributed by atoms with Crippen LogP contribution in [0, 0.1) is 0 Å². The molecule has 0 saturated heterocycles. The van der Waals surface area contributed by atoms with Crippen molar-refractivity contribution in [2.75, 3.05) is 0 Å². The summed E-state index contributed by atoms with van der Waals surface area (Å²) in [7, 11) is 0. The van der Waals surface area contributed by atoms with Gasteiger partial charge in [0, 0.05) is 16.6 Å². The Morgan fingerprint density at radius 3 is 2.68 bits per heavy atom. The van der Waals surface area contributed by atoms with Gasteiger partial charge in [0.05, 0.1) is 0 Å². The summed E-state index contributed by atoms with van der Waals surface area (Å²) in [5, 5.41) is 1.49. The minimum absolute atomic E-state index is 1.03. The van der Waals surface area contributed by atoms with E-state index in [1.165, 1.54) is 47.0 Å². The van der Waals surface area contributed by atoms with E-state index in [1.807, 2.05) is 0 Å². The van der Waals surface area contributed by atoms with E-state index in [2.05, 4.69) is 53.5 Å². The number of hydrogen-bond donors (Lipinski definition) is 1. The summed E-state index contributed by atoms with van der Waals surface area (Å²) in [6.07, 6.45) is 4.79. The van der Waals surface area contributed by atoms with E-state index in [4.69, 9.17) is 0 Å². The SMILES string of the molecule is c1ccc(Cc2cccc3[nH]c4c(c23)CCC4)cc1. The zero-order valence-electron chi connectivity index (χ0n) is 10.9. The van der Waals surface area contributed by atoms with E-state index >= 15 is 0 Å². The monoisotopic (exact) mass is 247 g/mol. The number of H-pyrrole nitrogens is 1. The summed E-state index contributed by atoms with van der Waals surface area (Å²) in [6, 6.07) is 17.4. The smallest absolute Gasteiger partial charge is 0.0461 e. The van der Waals surface area contributed by atoms with Crippen LogP contribution in [0.5, 0.6) is 0 Å². The normalized spacial score (nSPS) is 13.9. The Kier molecular flexibility index (Phi) is 2.44. The molecule has 1 N–H and O–H groups in total. The molecule has 2 aromatic carbocycles. The van der Waals surface area contributed by atoms with Crippen molar-refractivity contribution in [1.29, 1.82) is 0 Å². The zero-order valence-corrected chi connectivity index (χ0v) is 10.9. The quantitative estimate of drug-likeness (QED) is 0.697. The molecule has 94 valence electrons. The summed E-state index contributed by atoms with van der Waals surface area (Å²) in [5.74, 6) is 0. The Morgan fingerprint density at radius 2 is 1.79 bits per heavy atom. The Labute approximate surface area is 113 Å². The van der Waals surface area contributed by atoms with Crippen LogP contribution in [-0.4, -0.2) is 4.98 Å². The average Bonchev–Trinajstić information content (AvgIpc) is 3.00. The van der Waals surface area contributed by atoms with Gasteiger partial charge < -0.3 is 4.98 Å². The third-order valence-corrected chi connectivity index (χ3v) is 4.19. The molecule has 0 atom stereocenters. The van der Waals surface area contributed by atoms with Crippen molar-refractivity contribution in [2.24, 2.45) is 0 Å². The number of nitrogens with one attached hydrogen (secondary N) is 1. The van der Waals surface area contributed by atoms with Crippen LogP contribution in [0.2, 0.25) is 0 Å². The molecule has 3 aromatic rings. The van der Waals surface area contributed by atoms with Gasteiger partial charge in [0.25, 0.3) is 0 Å². The van der Waals surface area contributed by atoms with Gasteiger partial charge in [-0.1, -0.05) is 42.5 Å². The highest BCUT2D eigenvalue weighted by molar-refractivity contribution is 5.88. The molecule has 19 heavy (non-hydrogen) atoms. The van der Waals surface area contributed by atoms with Gasteiger partial charge in [0.2, 0.25) is 0 Å². The number of fused-ring (bicyclic) bond motifs is 3. The molecule has 1 aliphatic carbocycles. The largest absolute Gasteiger partial charge is 0.358 e. The first-order valence-corrected chi connectivity index (χ1v) is 7.07. The molecule has 4 rings (SSSR count). The highest BCUT2D eigenvalue weighted by Gasteiger charge is 2.18.